The van der Waals surface area contributed by atoms with Gasteiger partial charge in [0.05, 0.1) is 7.11 Å². The normalized spacial score (nSPS) is 14.4. The van der Waals surface area contributed by atoms with Crippen molar-refractivity contribution in [3.05, 3.63) is 17.5 Å². The van der Waals surface area contributed by atoms with Crippen LogP contribution in [0.25, 0.3) is 0 Å². The van der Waals surface area contributed by atoms with Gasteiger partial charge in [-0.3, -0.25) is 14.3 Å². The van der Waals surface area contributed by atoms with Crippen molar-refractivity contribution >= 4 is 11.9 Å². The lowest BCUT2D eigenvalue weighted by molar-refractivity contribution is -0.141. The van der Waals surface area contributed by atoms with Gasteiger partial charge in [-0.25, -0.2) is 8.78 Å². The molecule has 1 N–H and O–H groups in total. The van der Waals surface area contributed by atoms with E-state index in [0.717, 1.165) is 12.8 Å². The second-order valence-electron chi connectivity index (χ2n) is 4.58. The predicted molar refractivity (Wildman–Crippen MR) is 64.2 cm³/mol. The van der Waals surface area contributed by atoms with Crippen LogP contribution < -0.4 is 5.32 Å². The van der Waals surface area contributed by atoms with E-state index in [1.807, 2.05) is 0 Å². The molecule has 1 aliphatic rings. The molecule has 1 aromatic heterocycles. The molecule has 20 heavy (non-hydrogen) atoms. The number of nitrogens with one attached hydrogen (secondary N) is 1. The van der Waals surface area contributed by atoms with Crippen LogP contribution in [0, 0.1) is 0 Å². The topological polar surface area (TPSA) is 73.2 Å². The zero-order chi connectivity index (χ0) is 14.7. The summed E-state index contributed by atoms with van der Waals surface area (Å²) >= 11 is 0. The lowest BCUT2D eigenvalue weighted by atomic mass is 10.2. The van der Waals surface area contributed by atoms with E-state index in [9.17, 15) is 18.4 Å². The number of carbonyl (C=O) groups is 2. The summed E-state index contributed by atoms with van der Waals surface area (Å²) in [4.78, 5) is 22.5. The van der Waals surface area contributed by atoms with Crippen LogP contribution in [0.2, 0.25) is 0 Å². The highest BCUT2D eigenvalue weighted by Gasteiger charge is 2.30. The van der Waals surface area contributed by atoms with Gasteiger partial charge in [0.25, 0.3) is 6.43 Å². The smallest absolute Gasteiger partial charge is 0.325 e. The Morgan fingerprint density at radius 3 is 2.80 bits per heavy atom. The van der Waals surface area contributed by atoms with Gasteiger partial charge in [0.2, 0.25) is 5.91 Å². The van der Waals surface area contributed by atoms with Crippen LogP contribution in [0.5, 0.6) is 0 Å². The second-order valence-corrected chi connectivity index (χ2v) is 4.58. The van der Waals surface area contributed by atoms with Crippen molar-refractivity contribution in [3.63, 3.8) is 0 Å². The molecule has 0 unspecified atom stereocenters. The molecule has 110 valence electrons. The van der Waals surface area contributed by atoms with Gasteiger partial charge >= 0.3 is 5.97 Å². The molecule has 0 atom stereocenters. The Morgan fingerprint density at radius 1 is 1.55 bits per heavy atom. The van der Waals surface area contributed by atoms with E-state index < -0.39 is 18.3 Å². The van der Waals surface area contributed by atoms with Crippen LogP contribution in [0.1, 0.15) is 36.6 Å². The molecule has 0 bridgehead atoms. The quantitative estimate of drug-likeness (QED) is 0.792. The number of ether oxygens (including phenoxy) is 1. The van der Waals surface area contributed by atoms with Crippen LogP contribution in [0.3, 0.4) is 0 Å². The van der Waals surface area contributed by atoms with Crippen molar-refractivity contribution in [1.29, 1.82) is 0 Å². The van der Waals surface area contributed by atoms with Crippen LogP contribution in [-0.4, -0.2) is 35.3 Å². The minimum Gasteiger partial charge on any atom is -0.468 e. The molecule has 0 saturated heterocycles. The van der Waals surface area contributed by atoms with Gasteiger partial charge in [-0.05, 0) is 18.9 Å². The third-order valence-electron chi connectivity index (χ3n) is 3.00. The Hall–Kier alpha value is -1.99. The fourth-order valence-corrected chi connectivity index (χ4v) is 1.83. The zero-order valence-corrected chi connectivity index (χ0v) is 10.9. The summed E-state index contributed by atoms with van der Waals surface area (Å²) in [6, 6.07) is 1.34. The highest BCUT2D eigenvalue weighted by molar-refractivity contribution is 5.81. The molecule has 1 fully saturated rings. The summed E-state index contributed by atoms with van der Waals surface area (Å²) in [5, 5.41) is 6.09. The summed E-state index contributed by atoms with van der Waals surface area (Å²) in [6.45, 7) is -0.438. The summed E-state index contributed by atoms with van der Waals surface area (Å²) in [5.41, 5.74) is 0.321. The minimum absolute atomic E-state index is 0.185. The van der Waals surface area contributed by atoms with E-state index in [0.29, 0.717) is 5.69 Å². The van der Waals surface area contributed by atoms with Crippen LogP contribution in [-0.2, 0) is 20.9 Å². The maximum Gasteiger partial charge on any atom is 0.325 e. The fraction of sp³-hybridized carbons (Fsp3) is 0.583. The molecular weight excluding hydrogens is 272 g/mol. The standard InChI is InChI=1S/C12H15F2N3O3/c1-20-11(19)5-15-10(18)6-17-9(7-2-3-7)4-8(16-17)12(13)14/h4,7,12H,2-3,5-6H2,1H3,(H,15,18). The molecule has 1 aliphatic carbocycles. The predicted octanol–water partition coefficient (Wildman–Crippen LogP) is 0.987. The van der Waals surface area contributed by atoms with Gasteiger partial charge in [0.15, 0.2) is 0 Å². The van der Waals surface area contributed by atoms with Crippen molar-refractivity contribution < 1.29 is 23.1 Å². The van der Waals surface area contributed by atoms with Crippen molar-refractivity contribution in [3.8, 4) is 0 Å². The van der Waals surface area contributed by atoms with Crippen molar-refractivity contribution in [1.82, 2.24) is 15.1 Å². The van der Waals surface area contributed by atoms with E-state index >= 15 is 0 Å². The summed E-state index contributed by atoms with van der Waals surface area (Å²) in [7, 11) is 1.21. The van der Waals surface area contributed by atoms with Gasteiger partial charge in [0.1, 0.15) is 18.8 Å². The molecule has 1 amide bonds. The Bertz CT molecular complexity index is 512. The zero-order valence-electron chi connectivity index (χ0n) is 10.9. The fourth-order valence-electron chi connectivity index (χ4n) is 1.83. The van der Waals surface area contributed by atoms with E-state index in [1.54, 1.807) is 0 Å². The highest BCUT2D eigenvalue weighted by atomic mass is 19.3. The Balaban J connectivity index is 2.00. The van der Waals surface area contributed by atoms with Crippen molar-refractivity contribution in [2.24, 2.45) is 0 Å². The monoisotopic (exact) mass is 287 g/mol. The lowest BCUT2D eigenvalue weighted by Crippen LogP contribution is -2.33. The van der Waals surface area contributed by atoms with E-state index in [1.165, 1.54) is 17.9 Å². The third kappa shape index (κ3) is 3.52. The number of rotatable bonds is 6. The molecule has 1 heterocycles. The Morgan fingerprint density at radius 2 is 2.25 bits per heavy atom. The first-order chi connectivity index (χ1) is 9.51. The lowest BCUT2D eigenvalue weighted by Gasteiger charge is -2.07. The number of halogens is 2. The van der Waals surface area contributed by atoms with Crippen LogP contribution >= 0.6 is 0 Å². The number of amides is 1. The third-order valence-corrected chi connectivity index (χ3v) is 3.00. The number of hydrogen-bond acceptors (Lipinski definition) is 4. The molecule has 6 nitrogen and oxygen atoms in total. The first-order valence-corrected chi connectivity index (χ1v) is 6.20. The maximum absolute atomic E-state index is 12.6. The van der Waals surface area contributed by atoms with Gasteiger partial charge in [-0.1, -0.05) is 0 Å². The van der Waals surface area contributed by atoms with E-state index in [4.69, 9.17) is 0 Å². The van der Waals surface area contributed by atoms with Gasteiger partial charge in [-0.15, -0.1) is 0 Å². The molecule has 0 aromatic carbocycles. The molecule has 0 aliphatic heterocycles. The van der Waals surface area contributed by atoms with Crippen molar-refractivity contribution in [2.45, 2.75) is 31.7 Å². The Labute approximate surface area is 114 Å². The molecule has 0 spiro atoms. The first kappa shape index (κ1) is 14.4. The average molecular weight is 287 g/mol. The summed E-state index contributed by atoms with van der Waals surface area (Å²) in [6.07, 6.45) is -0.831. The minimum atomic E-state index is -2.66. The van der Waals surface area contributed by atoms with Crippen molar-refractivity contribution in [2.75, 3.05) is 13.7 Å². The summed E-state index contributed by atoms with van der Waals surface area (Å²) in [5.74, 6) is -0.848. The Kier molecular flexibility index (Phi) is 4.31. The number of nitrogens with zero attached hydrogens (tertiary/aromatic N) is 2. The van der Waals surface area contributed by atoms with E-state index in [2.05, 4.69) is 15.2 Å². The molecular formula is C12H15F2N3O3. The number of hydrogen-bond donors (Lipinski definition) is 1. The molecule has 1 aromatic rings. The van der Waals surface area contributed by atoms with Gasteiger partial charge in [0, 0.05) is 11.6 Å². The molecule has 8 heteroatoms. The van der Waals surface area contributed by atoms with Gasteiger partial charge in [-0.2, -0.15) is 5.10 Å². The number of methoxy groups -OCH3 is 1. The number of carbonyl (C=O) groups excluding carboxylic acids is 2. The van der Waals surface area contributed by atoms with E-state index in [-0.39, 0.29) is 24.7 Å². The summed E-state index contributed by atoms with van der Waals surface area (Å²) < 4.78 is 31.0. The number of esters is 1. The molecule has 1 saturated carbocycles. The second kappa shape index (κ2) is 5.98. The molecule has 2 rings (SSSR count). The maximum atomic E-state index is 12.6. The SMILES string of the molecule is COC(=O)CNC(=O)Cn1nc(C(F)F)cc1C1CC1. The number of aromatic nitrogens is 2. The number of alkyl halides is 2. The van der Waals surface area contributed by atoms with Crippen LogP contribution in [0.15, 0.2) is 6.07 Å². The van der Waals surface area contributed by atoms with Crippen LogP contribution in [0.4, 0.5) is 8.78 Å². The largest absolute Gasteiger partial charge is 0.468 e. The molecule has 0 radical (unpaired) electrons. The van der Waals surface area contributed by atoms with Gasteiger partial charge < -0.3 is 10.1 Å². The first-order valence-electron chi connectivity index (χ1n) is 6.20. The highest BCUT2D eigenvalue weighted by Crippen LogP contribution is 2.41. The average Bonchev–Trinajstić information content (AvgIpc) is 3.17.